The highest BCUT2D eigenvalue weighted by molar-refractivity contribution is 5.92. The Morgan fingerprint density at radius 3 is 2.10 bits per heavy atom. The zero-order chi connectivity index (χ0) is 24.1. The van der Waals surface area contributed by atoms with E-state index in [0.29, 0.717) is 5.56 Å². The van der Waals surface area contributed by atoms with Crippen LogP contribution in [-0.2, 0) is 14.3 Å². The highest BCUT2D eigenvalue weighted by Crippen LogP contribution is 2.25. The maximum Gasteiger partial charge on any atom is 0.408 e. The largest absolute Gasteiger partial charge is 0.508 e. The van der Waals surface area contributed by atoms with E-state index in [-0.39, 0.29) is 11.7 Å². The number of benzene rings is 1. The van der Waals surface area contributed by atoms with Crippen molar-refractivity contribution in [3.63, 3.8) is 0 Å². The molecule has 3 amide bonds. The molecule has 8 nitrogen and oxygen atoms in total. The molecule has 0 saturated heterocycles. The van der Waals surface area contributed by atoms with Crippen molar-refractivity contribution in [3.05, 3.63) is 29.8 Å². The second-order valence-corrected chi connectivity index (χ2v) is 10.1. The number of nitrogens with one attached hydrogen (secondary N) is 2. The SMILES string of the molecule is CC(C)C(NC(=O)OC(C)(C)C)C(=O)N(C)C(C(=O)NC(C)(C)C)c1cccc(O)c1. The van der Waals surface area contributed by atoms with Crippen molar-refractivity contribution in [1.29, 1.82) is 0 Å². The van der Waals surface area contributed by atoms with Crippen LogP contribution in [0.15, 0.2) is 24.3 Å². The van der Waals surface area contributed by atoms with Gasteiger partial charge in [-0.2, -0.15) is 0 Å². The van der Waals surface area contributed by atoms with Crippen molar-refractivity contribution in [2.75, 3.05) is 7.05 Å². The van der Waals surface area contributed by atoms with Crippen LogP contribution >= 0.6 is 0 Å². The van der Waals surface area contributed by atoms with Gasteiger partial charge in [-0.3, -0.25) is 9.59 Å². The molecule has 0 aromatic heterocycles. The topological polar surface area (TPSA) is 108 Å². The number of phenols is 1. The van der Waals surface area contributed by atoms with E-state index in [4.69, 9.17) is 4.74 Å². The van der Waals surface area contributed by atoms with Gasteiger partial charge in [0, 0.05) is 12.6 Å². The second kappa shape index (κ2) is 10.0. The summed E-state index contributed by atoms with van der Waals surface area (Å²) in [5.41, 5.74) is -0.781. The van der Waals surface area contributed by atoms with E-state index < -0.39 is 41.1 Å². The Morgan fingerprint density at radius 2 is 1.65 bits per heavy atom. The van der Waals surface area contributed by atoms with Crippen LogP contribution in [0.25, 0.3) is 0 Å². The van der Waals surface area contributed by atoms with Crippen LogP contribution in [-0.4, -0.2) is 52.1 Å². The maximum atomic E-state index is 13.4. The number of amides is 3. The van der Waals surface area contributed by atoms with Gasteiger partial charge in [-0.1, -0.05) is 26.0 Å². The zero-order valence-corrected chi connectivity index (χ0v) is 20.1. The predicted octanol–water partition coefficient (Wildman–Crippen LogP) is 3.36. The summed E-state index contributed by atoms with van der Waals surface area (Å²) in [4.78, 5) is 40.1. The van der Waals surface area contributed by atoms with E-state index in [0.717, 1.165) is 0 Å². The van der Waals surface area contributed by atoms with E-state index in [2.05, 4.69) is 10.6 Å². The Bertz CT molecular complexity index is 793. The summed E-state index contributed by atoms with van der Waals surface area (Å²) < 4.78 is 5.29. The molecule has 0 fully saturated rings. The molecular formula is C23H37N3O5. The minimum atomic E-state index is -1.000. The monoisotopic (exact) mass is 435 g/mol. The third-order valence-electron chi connectivity index (χ3n) is 4.27. The smallest absolute Gasteiger partial charge is 0.408 e. The van der Waals surface area contributed by atoms with Crippen LogP contribution in [0.1, 0.15) is 67.0 Å². The number of carbonyl (C=O) groups is 3. The Labute approximate surface area is 185 Å². The minimum absolute atomic E-state index is 0.0146. The number of hydrogen-bond acceptors (Lipinski definition) is 5. The van der Waals surface area contributed by atoms with Gasteiger partial charge in [0.1, 0.15) is 23.4 Å². The lowest BCUT2D eigenvalue weighted by Crippen LogP contribution is -2.54. The highest BCUT2D eigenvalue weighted by atomic mass is 16.6. The molecule has 1 aromatic carbocycles. The summed E-state index contributed by atoms with van der Waals surface area (Å²) in [6.45, 7) is 14.3. The summed E-state index contributed by atoms with van der Waals surface area (Å²) >= 11 is 0. The molecule has 8 heteroatoms. The fourth-order valence-electron chi connectivity index (χ4n) is 2.98. The van der Waals surface area contributed by atoms with Gasteiger partial charge < -0.3 is 25.4 Å². The standard InChI is InChI=1S/C23H37N3O5/c1-14(2)17(24-21(30)31-23(6,7)8)20(29)26(9)18(19(28)25-22(3,4)5)15-11-10-12-16(27)13-15/h10-14,17-18,27H,1-9H3,(H,24,30)(H,25,28). The quantitative estimate of drug-likeness (QED) is 0.635. The van der Waals surface area contributed by atoms with Crippen molar-refractivity contribution >= 4 is 17.9 Å². The van der Waals surface area contributed by atoms with Gasteiger partial charge in [0.2, 0.25) is 11.8 Å². The van der Waals surface area contributed by atoms with Crippen molar-refractivity contribution in [1.82, 2.24) is 15.5 Å². The van der Waals surface area contributed by atoms with Crippen LogP contribution < -0.4 is 10.6 Å². The van der Waals surface area contributed by atoms with Gasteiger partial charge >= 0.3 is 6.09 Å². The minimum Gasteiger partial charge on any atom is -0.508 e. The van der Waals surface area contributed by atoms with E-state index in [9.17, 15) is 19.5 Å². The normalized spacial score (nSPS) is 13.9. The Balaban J connectivity index is 3.25. The summed E-state index contributed by atoms with van der Waals surface area (Å²) in [5.74, 6) is -1.11. The van der Waals surface area contributed by atoms with Gasteiger partial charge in [0.25, 0.3) is 0 Å². The molecule has 1 aromatic rings. The third kappa shape index (κ3) is 8.47. The zero-order valence-electron chi connectivity index (χ0n) is 20.1. The molecule has 0 aliphatic heterocycles. The first-order chi connectivity index (χ1) is 14.0. The molecule has 0 radical (unpaired) electrons. The lowest BCUT2D eigenvalue weighted by molar-refractivity contribution is -0.142. The van der Waals surface area contributed by atoms with Gasteiger partial charge in [0.05, 0.1) is 0 Å². The van der Waals surface area contributed by atoms with Crippen molar-refractivity contribution in [3.8, 4) is 5.75 Å². The fourth-order valence-corrected chi connectivity index (χ4v) is 2.98. The molecule has 0 aliphatic rings. The lowest BCUT2D eigenvalue weighted by atomic mass is 9.98. The molecule has 3 N–H and O–H groups in total. The first kappa shape index (κ1) is 26.3. The number of aromatic hydroxyl groups is 1. The number of nitrogens with zero attached hydrogens (tertiary/aromatic N) is 1. The average molecular weight is 436 g/mol. The molecule has 1 rings (SSSR count). The van der Waals surface area contributed by atoms with Crippen LogP contribution in [0, 0.1) is 5.92 Å². The molecular weight excluding hydrogens is 398 g/mol. The molecule has 2 atom stereocenters. The molecule has 2 unspecified atom stereocenters. The molecule has 31 heavy (non-hydrogen) atoms. The molecule has 0 spiro atoms. The lowest BCUT2D eigenvalue weighted by Gasteiger charge is -2.34. The number of carbonyl (C=O) groups excluding carboxylic acids is 3. The van der Waals surface area contributed by atoms with E-state index in [1.807, 2.05) is 20.8 Å². The van der Waals surface area contributed by atoms with Crippen molar-refractivity contribution < 1.29 is 24.2 Å². The van der Waals surface area contributed by atoms with Gasteiger partial charge in [-0.05, 0) is 65.2 Å². The van der Waals surface area contributed by atoms with E-state index in [1.54, 1.807) is 46.8 Å². The number of ether oxygens (including phenoxy) is 1. The van der Waals surface area contributed by atoms with E-state index >= 15 is 0 Å². The number of hydrogen-bond donors (Lipinski definition) is 3. The Hall–Kier alpha value is -2.77. The van der Waals surface area contributed by atoms with Crippen molar-refractivity contribution in [2.24, 2.45) is 5.92 Å². The van der Waals surface area contributed by atoms with Crippen LogP contribution in [0.5, 0.6) is 5.75 Å². The highest BCUT2D eigenvalue weighted by Gasteiger charge is 2.36. The van der Waals surface area contributed by atoms with Gasteiger partial charge in [0.15, 0.2) is 0 Å². The molecule has 174 valence electrons. The molecule has 0 saturated carbocycles. The first-order valence-corrected chi connectivity index (χ1v) is 10.4. The van der Waals surface area contributed by atoms with E-state index in [1.165, 1.54) is 24.1 Å². The number of rotatable bonds is 6. The molecule has 0 heterocycles. The predicted molar refractivity (Wildman–Crippen MR) is 120 cm³/mol. The fraction of sp³-hybridized carbons (Fsp3) is 0.609. The summed E-state index contributed by atoms with van der Waals surface area (Å²) in [5, 5.41) is 15.4. The van der Waals surface area contributed by atoms with Gasteiger partial charge in [-0.25, -0.2) is 4.79 Å². The van der Waals surface area contributed by atoms with Gasteiger partial charge in [-0.15, -0.1) is 0 Å². The Morgan fingerprint density at radius 1 is 1.06 bits per heavy atom. The average Bonchev–Trinajstić information content (AvgIpc) is 2.55. The van der Waals surface area contributed by atoms with Crippen LogP contribution in [0.3, 0.4) is 0 Å². The number of likely N-dealkylation sites (N-methyl/N-ethyl adjacent to an activating group) is 1. The number of phenolic OH excluding ortho intramolecular Hbond substituents is 1. The maximum absolute atomic E-state index is 13.4. The van der Waals surface area contributed by atoms with Crippen molar-refractivity contribution in [2.45, 2.75) is 78.6 Å². The summed E-state index contributed by atoms with van der Waals surface area (Å²) in [6.07, 6.45) is -0.707. The second-order valence-electron chi connectivity index (χ2n) is 10.1. The first-order valence-electron chi connectivity index (χ1n) is 10.4. The summed E-state index contributed by atoms with van der Waals surface area (Å²) in [7, 11) is 1.51. The number of alkyl carbamates (subject to hydrolysis) is 1. The van der Waals surface area contributed by atoms with Crippen LogP contribution in [0.2, 0.25) is 0 Å². The Kier molecular flexibility index (Phi) is 8.49. The van der Waals surface area contributed by atoms with Crippen LogP contribution in [0.4, 0.5) is 4.79 Å². The summed E-state index contributed by atoms with van der Waals surface area (Å²) in [6, 6.07) is 4.32. The molecule has 0 aliphatic carbocycles. The third-order valence-corrected chi connectivity index (χ3v) is 4.27. The molecule has 0 bridgehead atoms.